The van der Waals surface area contributed by atoms with Gasteiger partial charge in [-0.1, -0.05) is 6.07 Å². The number of rotatable bonds is 4. The number of aryl methyl sites for hydroxylation is 1. The highest BCUT2D eigenvalue weighted by Gasteiger charge is 2.34. The van der Waals surface area contributed by atoms with Gasteiger partial charge in [-0.25, -0.2) is 9.97 Å². The summed E-state index contributed by atoms with van der Waals surface area (Å²) in [4.78, 5) is 8.20. The van der Waals surface area contributed by atoms with E-state index in [0.717, 1.165) is 48.6 Å². The quantitative estimate of drug-likeness (QED) is 0.501. The molecule has 7 nitrogen and oxygen atoms in total. The fourth-order valence-electron chi connectivity index (χ4n) is 4.31. The predicted molar refractivity (Wildman–Crippen MR) is 112 cm³/mol. The number of nitrogens with zero attached hydrogens (tertiary/aromatic N) is 5. The van der Waals surface area contributed by atoms with Gasteiger partial charge in [0.1, 0.15) is 17.3 Å². The minimum atomic E-state index is -4.47. The second kappa shape index (κ2) is 7.44. The predicted octanol–water partition coefficient (Wildman–Crippen LogP) is 4.47. The van der Waals surface area contributed by atoms with Crippen LogP contribution in [0, 0.1) is 0 Å². The highest BCUT2D eigenvalue weighted by Crippen LogP contribution is 2.31. The van der Waals surface area contributed by atoms with Crippen LogP contribution in [0.2, 0.25) is 0 Å². The van der Waals surface area contributed by atoms with Crippen molar-refractivity contribution in [3.8, 4) is 0 Å². The van der Waals surface area contributed by atoms with E-state index in [4.69, 9.17) is 0 Å². The molecular weight excluding hydrogens is 407 g/mol. The van der Waals surface area contributed by atoms with Gasteiger partial charge in [0.15, 0.2) is 5.69 Å². The van der Waals surface area contributed by atoms with Crippen molar-refractivity contribution in [3.05, 3.63) is 48.5 Å². The van der Waals surface area contributed by atoms with Gasteiger partial charge in [0.2, 0.25) is 0 Å². The lowest BCUT2D eigenvalue weighted by molar-refractivity contribution is -0.140. The average molecular weight is 429 g/mol. The molecule has 0 aromatic carbocycles. The molecule has 10 heteroatoms. The number of anilines is 2. The normalized spacial score (nSPS) is 19.7. The van der Waals surface area contributed by atoms with Crippen LogP contribution < -0.4 is 10.6 Å². The van der Waals surface area contributed by atoms with E-state index in [1.54, 1.807) is 30.6 Å². The largest absolute Gasteiger partial charge is 0.434 e. The van der Waals surface area contributed by atoms with Gasteiger partial charge in [-0.15, -0.1) is 0 Å². The van der Waals surface area contributed by atoms with Crippen molar-refractivity contribution in [1.82, 2.24) is 24.1 Å². The van der Waals surface area contributed by atoms with Gasteiger partial charge >= 0.3 is 6.18 Å². The van der Waals surface area contributed by atoms with Crippen molar-refractivity contribution in [3.63, 3.8) is 0 Å². The molecule has 0 saturated heterocycles. The topological polar surface area (TPSA) is 72.1 Å². The van der Waals surface area contributed by atoms with Gasteiger partial charge < -0.3 is 10.6 Å². The molecule has 0 aliphatic heterocycles. The van der Waals surface area contributed by atoms with Crippen LogP contribution in [0.5, 0.6) is 0 Å². The van der Waals surface area contributed by atoms with Gasteiger partial charge in [-0.05, 0) is 43.9 Å². The molecule has 0 amide bonds. The lowest BCUT2D eigenvalue weighted by Crippen LogP contribution is -2.35. The lowest BCUT2D eigenvalue weighted by atomic mass is 9.91. The first-order valence-electron chi connectivity index (χ1n) is 10.2. The van der Waals surface area contributed by atoms with Crippen LogP contribution in [-0.4, -0.2) is 36.2 Å². The molecule has 2 N–H and O–H groups in total. The lowest BCUT2D eigenvalue weighted by Gasteiger charge is -2.31. The first-order valence-corrected chi connectivity index (χ1v) is 10.2. The molecule has 4 heterocycles. The zero-order valence-corrected chi connectivity index (χ0v) is 16.9. The Morgan fingerprint density at radius 2 is 1.90 bits per heavy atom. The molecule has 4 aromatic heterocycles. The number of fused-ring (bicyclic) bond motifs is 2. The van der Waals surface area contributed by atoms with E-state index in [0.29, 0.717) is 5.82 Å². The zero-order valence-electron chi connectivity index (χ0n) is 16.9. The maximum atomic E-state index is 13.1. The first kappa shape index (κ1) is 19.7. The summed E-state index contributed by atoms with van der Waals surface area (Å²) in [5.74, 6) is 1.42. The van der Waals surface area contributed by atoms with Crippen molar-refractivity contribution < 1.29 is 13.2 Å². The smallest absolute Gasteiger partial charge is 0.368 e. The van der Waals surface area contributed by atoms with Crippen molar-refractivity contribution in [1.29, 1.82) is 0 Å². The minimum Gasteiger partial charge on any atom is -0.368 e. The Hall–Kier alpha value is -3.30. The number of hydrogen-bond donors (Lipinski definition) is 2. The zero-order chi connectivity index (χ0) is 21.6. The van der Waals surface area contributed by atoms with Crippen LogP contribution in [0.3, 0.4) is 0 Å². The fourth-order valence-corrected chi connectivity index (χ4v) is 4.31. The maximum Gasteiger partial charge on any atom is 0.434 e. The maximum absolute atomic E-state index is 13.1. The summed E-state index contributed by atoms with van der Waals surface area (Å²) in [6.07, 6.45) is 3.93. The number of aromatic nitrogens is 5. The summed E-state index contributed by atoms with van der Waals surface area (Å²) in [6.45, 7) is 0. The van der Waals surface area contributed by atoms with E-state index in [-0.39, 0.29) is 17.7 Å². The molecule has 2 atom stereocenters. The second-order valence-electron chi connectivity index (χ2n) is 7.97. The molecule has 1 saturated carbocycles. The number of nitrogens with one attached hydrogen (secondary N) is 2. The average Bonchev–Trinajstić information content (AvgIpc) is 3.34. The first-order chi connectivity index (χ1) is 14.9. The van der Waals surface area contributed by atoms with Crippen LogP contribution in [0.1, 0.15) is 31.4 Å². The van der Waals surface area contributed by atoms with E-state index in [9.17, 15) is 13.2 Å². The van der Waals surface area contributed by atoms with Crippen LogP contribution in [0.15, 0.2) is 42.9 Å². The fraction of sp³-hybridized carbons (Fsp3) is 0.381. The van der Waals surface area contributed by atoms with Crippen molar-refractivity contribution in [2.45, 2.75) is 43.9 Å². The number of halogens is 3. The number of hydrogen-bond acceptors (Lipinski definition) is 5. The molecule has 1 aliphatic rings. The van der Waals surface area contributed by atoms with Crippen molar-refractivity contribution in [2.24, 2.45) is 7.05 Å². The summed E-state index contributed by atoms with van der Waals surface area (Å²) < 4.78 is 42.5. The van der Waals surface area contributed by atoms with Crippen molar-refractivity contribution in [2.75, 3.05) is 10.6 Å². The summed E-state index contributed by atoms with van der Waals surface area (Å²) in [5.41, 5.74) is 0.395. The van der Waals surface area contributed by atoms with Gasteiger partial charge in [0, 0.05) is 31.5 Å². The highest BCUT2D eigenvalue weighted by molar-refractivity contribution is 5.89. The van der Waals surface area contributed by atoms with Crippen molar-refractivity contribution >= 4 is 28.2 Å². The van der Waals surface area contributed by atoms with Crippen LogP contribution in [0.4, 0.5) is 24.8 Å². The molecule has 5 rings (SSSR count). The van der Waals surface area contributed by atoms with E-state index >= 15 is 0 Å². The molecule has 4 aromatic rings. The third kappa shape index (κ3) is 3.77. The number of pyridine rings is 2. The summed E-state index contributed by atoms with van der Waals surface area (Å²) in [7, 11) is 1.90. The highest BCUT2D eigenvalue weighted by atomic mass is 19.4. The summed E-state index contributed by atoms with van der Waals surface area (Å²) in [6, 6.07) is 7.34. The Balaban J connectivity index is 1.34. The van der Waals surface area contributed by atoms with E-state index in [1.807, 2.05) is 17.8 Å². The third-order valence-electron chi connectivity index (χ3n) is 5.83. The molecule has 1 aliphatic carbocycles. The second-order valence-corrected chi connectivity index (χ2v) is 7.97. The molecule has 0 bridgehead atoms. The molecule has 162 valence electrons. The Labute approximate surface area is 176 Å². The van der Waals surface area contributed by atoms with E-state index < -0.39 is 11.9 Å². The third-order valence-corrected chi connectivity index (χ3v) is 5.83. The number of imidazole rings is 1. The van der Waals surface area contributed by atoms with Crippen LogP contribution in [-0.2, 0) is 13.2 Å². The molecule has 0 unspecified atom stereocenters. The SMILES string of the molecule is Cn1ncc2c(N[C@@H]3CCC[C@H](Nc4cccc5nc(C(F)(F)F)cn45)C3)nccc21. The Morgan fingerprint density at radius 1 is 1.10 bits per heavy atom. The number of alkyl halides is 3. The molecule has 1 fully saturated rings. The van der Waals surface area contributed by atoms with Crippen LogP contribution >= 0.6 is 0 Å². The Bertz CT molecular complexity index is 1230. The van der Waals surface area contributed by atoms with E-state index in [1.165, 1.54) is 4.40 Å². The van der Waals surface area contributed by atoms with Gasteiger partial charge in [-0.3, -0.25) is 9.08 Å². The minimum absolute atomic E-state index is 0.127. The summed E-state index contributed by atoms with van der Waals surface area (Å²) in [5, 5.41) is 12.2. The van der Waals surface area contributed by atoms with E-state index in [2.05, 4.69) is 25.7 Å². The monoisotopic (exact) mass is 429 g/mol. The molecule has 31 heavy (non-hydrogen) atoms. The standard InChI is InChI=1S/C21H22F3N7/c1-30-16-8-9-25-20(15(16)11-26-30)28-14-5-2-4-13(10-14)27-18-6-3-7-19-29-17(12-31(18)19)21(22,23)24/h3,6-9,11-14,27H,2,4-5,10H2,1H3,(H,25,28)/t13-,14+/m0/s1. The molecular formula is C21H22F3N7. The van der Waals surface area contributed by atoms with Gasteiger partial charge in [0.05, 0.1) is 17.1 Å². The summed E-state index contributed by atoms with van der Waals surface area (Å²) >= 11 is 0. The van der Waals surface area contributed by atoms with Crippen LogP contribution in [0.25, 0.3) is 16.6 Å². The Morgan fingerprint density at radius 3 is 2.71 bits per heavy atom. The molecule has 0 radical (unpaired) electrons. The molecule has 0 spiro atoms. The Kier molecular flexibility index (Phi) is 4.71. The van der Waals surface area contributed by atoms with Gasteiger partial charge in [-0.2, -0.15) is 18.3 Å². The van der Waals surface area contributed by atoms with Gasteiger partial charge in [0.25, 0.3) is 0 Å².